The number of sulfonamides is 1. The highest BCUT2D eigenvalue weighted by molar-refractivity contribution is 7.88. The van der Waals surface area contributed by atoms with Gasteiger partial charge in [-0.2, -0.15) is 13.2 Å². The molecule has 4 heterocycles. The van der Waals surface area contributed by atoms with Crippen molar-refractivity contribution in [2.45, 2.75) is 68.4 Å². The molecule has 3 atom stereocenters. The maximum absolute atomic E-state index is 13.7. The quantitative estimate of drug-likeness (QED) is 0.607. The molecule has 1 saturated heterocycles. The molecule has 208 valence electrons. The van der Waals surface area contributed by atoms with Crippen molar-refractivity contribution in [3.63, 3.8) is 0 Å². The van der Waals surface area contributed by atoms with Gasteiger partial charge in [0.1, 0.15) is 13.2 Å². The Morgan fingerprint density at radius 3 is 2.51 bits per heavy atom. The molecule has 37 heavy (non-hydrogen) atoms. The van der Waals surface area contributed by atoms with Crippen molar-refractivity contribution in [1.82, 2.24) is 14.6 Å². The van der Waals surface area contributed by atoms with Crippen molar-refractivity contribution in [2.75, 3.05) is 39.8 Å². The summed E-state index contributed by atoms with van der Waals surface area (Å²) in [5.74, 6) is -0.377. The highest BCUT2D eigenvalue weighted by Gasteiger charge is 2.46. The van der Waals surface area contributed by atoms with Crippen LogP contribution >= 0.6 is 0 Å². The lowest BCUT2D eigenvalue weighted by Gasteiger charge is -2.34. The van der Waals surface area contributed by atoms with Gasteiger partial charge >= 0.3 is 12.3 Å². The number of alkyl halides is 3. The highest BCUT2D eigenvalue weighted by atomic mass is 32.2. The minimum absolute atomic E-state index is 0.0261. The van der Waals surface area contributed by atoms with E-state index < -0.39 is 51.9 Å². The van der Waals surface area contributed by atoms with Gasteiger partial charge in [0.25, 0.3) is 0 Å². The Hall–Kier alpha value is -2.16. The van der Waals surface area contributed by atoms with E-state index in [1.807, 2.05) is 0 Å². The molecule has 4 bridgehead atoms. The number of aromatic nitrogens is 1. The van der Waals surface area contributed by atoms with Crippen LogP contribution in [0.15, 0.2) is 12.1 Å². The van der Waals surface area contributed by atoms with Gasteiger partial charge in [0.15, 0.2) is 0 Å². The summed E-state index contributed by atoms with van der Waals surface area (Å²) in [7, 11) is -2.09. The number of halogens is 3. The van der Waals surface area contributed by atoms with Gasteiger partial charge in [-0.05, 0) is 38.2 Å². The molecule has 2 fully saturated rings. The predicted octanol–water partition coefficient (Wildman–Crippen LogP) is 2.68. The van der Waals surface area contributed by atoms with Gasteiger partial charge < -0.3 is 18.9 Å². The fourth-order valence-corrected chi connectivity index (χ4v) is 6.23. The fourth-order valence-electron chi connectivity index (χ4n) is 5.43. The molecule has 5 rings (SSSR count). The van der Waals surface area contributed by atoms with E-state index >= 15 is 0 Å². The number of pyridine rings is 1. The second-order valence-electron chi connectivity index (χ2n) is 9.67. The topological polar surface area (TPSA) is 116 Å². The molecule has 1 aromatic heterocycles. The lowest BCUT2D eigenvalue weighted by atomic mass is 9.83. The first-order valence-corrected chi connectivity index (χ1v) is 14.1. The maximum atomic E-state index is 13.7. The van der Waals surface area contributed by atoms with Crippen LogP contribution in [0.5, 0.6) is 5.88 Å². The van der Waals surface area contributed by atoms with E-state index in [-0.39, 0.29) is 44.1 Å². The molecule has 1 N–H and O–H groups in total. The normalized spacial score (nSPS) is 29.5. The molecule has 1 aliphatic carbocycles. The van der Waals surface area contributed by atoms with Gasteiger partial charge in [0.05, 0.1) is 48.9 Å². The number of nitrogens with zero attached hydrogens (tertiary/aromatic N) is 2. The van der Waals surface area contributed by atoms with Crippen molar-refractivity contribution in [3.05, 3.63) is 23.4 Å². The molecule has 4 aliphatic rings. The summed E-state index contributed by atoms with van der Waals surface area (Å²) < 4.78 is 90.0. The van der Waals surface area contributed by atoms with Gasteiger partial charge in [-0.25, -0.2) is 22.9 Å². The first kappa shape index (κ1) is 27.9. The van der Waals surface area contributed by atoms with Crippen LogP contribution in [0.2, 0.25) is 0 Å². The molecule has 0 aromatic carbocycles. The lowest BCUT2D eigenvalue weighted by molar-refractivity contribution is -0.138. The van der Waals surface area contributed by atoms with E-state index in [0.29, 0.717) is 32.1 Å². The number of rotatable bonds is 4. The van der Waals surface area contributed by atoms with Gasteiger partial charge in [0.2, 0.25) is 15.9 Å². The standard InChI is InChI=1S/C23H32F3N3O7S/c1-33-12-15-11-18(28-37(2,31)32)19-13-36-16-5-3-14(4-6-16)21-17(23(24,25)26)7-8-20(27-21)34-9-10-35-22(30)29(15)19/h7-8,14-16,18-19,28H,3-6,9-13H2,1-2H3/t14?,15?,16?,18?,19-/m0/s1. The SMILES string of the molecule is COCC1CC(NS(C)(=O)=O)[C@@H]2COC3CCC(CC3)c3nc(ccc3C(F)(F)F)OCCOC(=O)N12. The Morgan fingerprint density at radius 2 is 1.86 bits per heavy atom. The summed E-state index contributed by atoms with van der Waals surface area (Å²) >= 11 is 0. The summed E-state index contributed by atoms with van der Waals surface area (Å²) in [6.45, 7) is -0.0919. The second kappa shape index (κ2) is 11.3. The summed E-state index contributed by atoms with van der Waals surface area (Å²) in [6, 6.07) is 0.431. The minimum Gasteiger partial charge on any atom is -0.474 e. The van der Waals surface area contributed by atoms with E-state index in [1.165, 1.54) is 18.1 Å². The monoisotopic (exact) mass is 551 g/mol. The van der Waals surface area contributed by atoms with Crippen LogP contribution < -0.4 is 9.46 Å². The molecule has 1 amide bonds. The second-order valence-corrected chi connectivity index (χ2v) is 11.4. The first-order chi connectivity index (χ1) is 17.5. The Bertz CT molecular complexity index is 1060. The van der Waals surface area contributed by atoms with Crippen LogP contribution in [-0.2, 0) is 30.4 Å². The molecule has 0 spiro atoms. The van der Waals surface area contributed by atoms with Crippen molar-refractivity contribution in [3.8, 4) is 5.88 Å². The number of nitrogens with one attached hydrogen (secondary N) is 1. The van der Waals surface area contributed by atoms with Crippen LogP contribution in [-0.4, -0.2) is 88.4 Å². The van der Waals surface area contributed by atoms with Crippen LogP contribution in [0.25, 0.3) is 0 Å². The number of fused-ring (bicyclic) bond motifs is 7. The third-order valence-corrected chi connectivity index (χ3v) is 7.73. The maximum Gasteiger partial charge on any atom is 0.418 e. The lowest BCUT2D eigenvalue weighted by Crippen LogP contribution is -2.51. The van der Waals surface area contributed by atoms with E-state index in [1.54, 1.807) is 0 Å². The Morgan fingerprint density at radius 1 is 1.16 bits per heavy atom. The number of hydrogen-bond donors (Lipinski definition) is 1. The van der Waals surface area contributed by atoms with Gasteiger partial charge in [0, 0.05) is 25.1 Å². The third-order valence-electron chi connectivity index (χ3n) is 7.00. The zero-order valence-corrected chi connectivity index (χ0v) is 21.5. The average molecular weight is 552 g/mol. The highest BCUT2D eigenvalue weighted by Crippen LogP contribution is 2.41. The van der Waals surface area contributed by atoms with Gasteiger partial charge in [-0.15, -0.1) is 0 Å². The van der Waals surface area contributed by atoms with Gasteiger partial charge in [-0.3, -0.25) is 4.90 Å². The summed E-state index contributed by atoms with van der Waals surface area (Å²) in [6.07, 6.45) is -2.25. The zero-order chi connectivity index (χ0) is 26.8. The Kier molecular flexibility index (Phi) is 8.51. The molecule has 10 nitrogen and oxygen atoms in total. The van der Waals surface area contributed by atoms with E-state index in [0.717, 1.165) is 12.3 Å². The molecule has 0 radical (unpaired) electrons. The molecular weight excluding hydrogens is 519 g/mol. The summed E-state index contributed by atoms with van der Waals surface area (Å²) in [5.41, 5.74) is -0.827. The number of hydrogen-bond acceptors (Lipinski definition) is 8. The Balaban J connectivity index is 1.60. The summed E-state index contributed by atoms with van der Waals surface area (Å²) in [5, 5.41) is 0. The molecule has 1 aromatic rings. The van der Waals surface area contributed by atoms with Crippen molar-refractivity contribution >= 4 is 16.1 Å². The predicted molar refractivity (Wildman–Crippen MR) is 125 cm³/mol. The van der Waals surface area contributed by atoms with E-state index in [9.17, 15) is 26.4 Å². The van der Waals surface area contributed by atoms with Crippen molar-refractivity contribution in [2.24, 2.45) is 0 Å². The fraction of sp³-hybridized carbons (Fsp3) is 0.739. The van der Waals surface area contributed by atoms with Crippen LogP contribution in [0.4, 0.5) is 18.0 Å². The zero-order valence-electron chi connectivity index (χ0n) is 20.7. The molecule has 2 unspecified atom stereocenters. The molecule has 14 heteroatoms. The number of ether oxygens (including phenoxy) is 4. The number of methoxy groups -OCH3 is 1. The van der Waals surface area contributed by atoms with Crippen LogP contribution in [0, 0.1) is 0 Å². The first-order valence-electron chi connectivity index (χ1n) is 12.2. The number of carbonyl (C=O) groups excluding carboxylic acids is 1. The third kappa shape index (κ3) is 6.84. The number of amides is 1. The minimum atomic E-state index is -4.54. The van der Waals surface area contributed by atoms with Crippen molar-refractivity contribution in [1.29, 1.82) is 0 Å². The van der Waals surface area contributed by atoms with E-state index in [2.05, 4.69) is 9.71 Å². The van der Waals surface area contributed by atoms with Crippen molar-refractivity contribution < 1.29 is 45.3 Å². The smallest absolute Gasteiger partial charge is 0.418 e. The summed E-state index contributed by atoms with van der Waals surface area (Å²) in [4.78, 5) is 18.7. The number of carbonyl (C=O) groups is 1. The Labute approximate surface area is 213 Å². The largest absolute Gasteiger partial charge is 0.474 e. The molecular formula is C23H32F3N3O7S. The van der Waals surface area contributed by atoms with Gasteiger partial charge in [-0.1, -0.05) is 0 Å². The average Bonchev–Trinajstić information content (AvgIpc) is 3.14. The van der Waals surface area contributed by atoms with Crippen LogP contribution in [0.1, 0.15) is 49.3 Å². The molecule has 1 saturated carbocycles. The van der Waals surface area contributed by atoms with Crippen LogP contribution in [0.3, 0.4) is 0 Å². The van der Waals surface area contributed by atoms with E-state index in [4.69, 9.17) is 18.9 Å². The molecule has 3 aliphatic heterocycles.